The summed E-state index contributed by atoms with van der Waals surface area (Å²) in [6.07, 6.45) is 4.02. The van der Waals surface area contributed by atoms with Crippen LogP contribution in [0.15, 0.2) is 0 Å². The molecule has 1 heterocycles. The molecule has 1 saturated heterocycles. The minimum atomic E-state index is 0. The Bertz CT molecular complexity index is 236. The first-order valence-electron chi connectivity index (χ1n) is 5.35. The lowest BCUT2D eigenvalue weighted by atomic mass is 10.1. The fourth-order valence-corrected chi connectivity index (χ4v) is 2.94. The van der Waals surface area contributed by atoms with Gasteiger partial charge in [-0.15, -0.1) is 12.4 Å². The number of carbonyl (C=O) groups is 1. The molecule has 0 radical (unpaired) electrons. The highest BCUT2D eigenvalue weighted by molar-refractivity contribution is 5.85. The smallest absolute Gasteiger partial charge is 0.236 e. The molecule has 0 spiro atoms. The quantitative estimate of drug-likeness (QED) is 0.698. The van der Waals surface area contributed by atoms with Gasteiger partial charge < -0.3 is 10.2 Å². The summed E-state index contributed by atoms with van der Waals surface area (Å²) in [5.41, 5.74) is 0. The second-order valence-electron chi connectivity index (χ2n) is 4.64. The first-order valence-corrected chi connectivity index (χ1v) is 5.35. The molecule has 2 aliphatic carbocycles. The summed E-state index contributed by atoms with van der Waals surface area (Å²) in [5, 5.41) is 3.12. The van der Waals surface area contributed by atoms with Crippen LogP contribution < -0.4 is 5.32 Å². The van der Waals surface area contributed by atoms with Gasteiger partial charge in [-0.25, -0.2) is 0 Å². The van der Waals surface area contributed by atoms with E-state index in [-0.39, 0.29) is 12.4 Å². The van der Waals surface area contributed by atoms with Gasteiger partial charge in [-0.3, -0.25) is 4.79 Å². The fourth-order valence-electron chi connectivity index (χ4n) is 2.94. The molecule has 2 saturated carbocycles. The van der Waals surface area contributed by atoms with Crippen molar-refractivity contribution in [3.8, 4) is 0 Å². The number of hydrogen-bond acceptors (Lipinski definition) is 2. The molecule has 2 atom stereocenters. The van der Waals surface area contributed by atoms with Gasteiger partial charge in [0.25, 0.3) is 0 Å². The Kier molecular flexibility index (Phi) is 2.71. The first-order chi connectivity index (χ1) is 6.34. The summed E-state index contributed by atoms with van der Waals surface area (Å²) in [6.45, 7) is 2.48. The molecule has 3 fully saturated rings. The van der Waals surface area contributed by atoms with Crippen molar-refractivity contribution in [3.63, 3.8) is 0 Å². The number of fused-ring (bicyclic) bond motifs is 1. The number of piperazine rings is 1. The Morgan fingerprint density at radius 3 is 2.57 bits per heavy atom. The molecule has 1 amide bonds. The molecule has 3 aliphatic rings. The fraction of sp³-hybridized carbons (Fsp3) is 0.900. The average molecular weight is 217 g/mol. The van der Waals surface area contributed by atoms with Crippen LogP contribution in [0.1, 0.15) is 19.3 Å². The largest absolute Gasteiger partial charge is 0.337 e. The van der Waals surface area contributed by atoms with Crippen molar-refractivity contribution in [2.24, 2.45) is 11.8 Å². The molecular formula is C10H17ClN2O. The van der Waals surface area contributed by atoms with Crippen molar-refractivity contribution >= 4 is 18.3 Å². The predicted molar refractivity (Wildman–Crippen MR) is 56.4 cm³/mol. The van der Waals surface area contributed by atoms with Gasteiger partial charge in [0, 0.05) is 19.1 Å². The monoisotopic (exact) mass is 216 g/mol. The van der Waals surface area contributed by atoms with Gasteiger partial charge in [0.15, 0.2) is 0 Å². The van der Waals surface area contributed by atoms with Crippen molar-refractivity contribution in [1.29, 1.82) is 0 Å². The van der Waals surface area contributed by atoms with Gasteiger partial charge in [-0.05, 0) is 31.1 Å². The van der Waals surface area contributed by atoms with Crippen molar-refractivity contribution in [2.45, 2.75) is 25.3 Å². The standard InChI is InChI=1S/C10H16N2O.ClH/c13-10-6-11-1-2-12(10)9-4-7-3-8(7)5-9;/h7-9,11H,1-6H2;1H/t7-,8-;/m1./s1. The topological polar surface area (TPSA) is 32.3 Å². The van der Waals surface area contributed by atoms with Gasteiger partial charge >= 0.3 is 0 Å². The molecule has 0 aromatic rings. The maximum absolute atomic E-state index is 11.6. The first kappa shape index (κ1) is 10.2. The number of hydrogen-bond donors (Lipinski definition) is 1. The highest BCUT2D eigenvalue weighted by Crippen LogP contribution is 2.53. The summed E-state index contributed by atoms with van der Waals surface area (Å²) in [4.78, 5) is 13.7. The van der Waals surface area contributed by atoms with Gasteiger partial charge in [0.2, 0.25) is 5.91 Å². The van der Waals surface area contributed by atoms with E-state index in [1.165, 1.54) is 19.3 Å². The van der Waals surface area contributed by atoms with Crippen LogP contribution in [0.3, 0.4) is 0 Å². The lowest BCUT2D eigenvalue weighted by Gasteiger charge is -2.33. The molecule has 14 heavy (non-hydrogen) atoms. The van der Waals surface area contributed by atoms with E-state index in [1.807, 2.05) is 0 Å². The summed E-state index contributed by atoms with van der Waals surface area (Å²) in [7, 11) is 0. The molecule has 4 heteroatoms. The van der Waals surface area contributed by atoms with E-state index in [2.05, 4.69) is 10.2 Å². The summed E-state index contributed by atoms with van der Waals surface area (Å²) in [6, 6.07) is 0.596. The van der Waals surface area contributed by atoms with Crippen molar-refractivity contribution in [3.05, 3.63) is 0 Å². The number of amides is 1. The molecule has 0 aromatic heterocycles. The highest BCUT2D eigenvalue weighted by Gasteiger charge is 2.48. The van der Waals surface area contributed by atoms with E-state index in [1.54, 1.807) is 0 Å². The summed E-state index contributed by atoms with van der Waals surface area (Å²) < 4.78 is 0. The molecule has 80 valence electrons. The second-order valence-corrected chi connectivity index (χ2v) is 4.64. The summed E-state index contributed by atoms with van der Waals surface area (Å²) >= 11 is 0. The molecule has 3 nitrogen and oxygen atoms in total. The maximum atomic E-state index is 11.6. The molecule has 0 aromatic carbocycles. The predicted octanol–water partition coefficient (Wildman–Crippen LogP) is 0.638. The lowest BCUT2D eigenvalue weighted by Crippen LogP contribution is -2.52. The molecule has 1 N–H and O–H groups in total. The van der Waals surface area contributed by atoms with Gasteiger partial charge in [0.1, 0.15) is 0 Å². The highest BCUT2D eigenvalue weighted by atomic mass is 35.5. The van der Waals surface area contributed by atoms with Crippen molar-refractivity contribution in [2.75, 3.05) is 19.6 Å². The maximum Gasteiger partial charge on any atom is 0.236 e. The Morgan fingerprint density at radius 1 is 1.21 bits per heavy atom. The molecular weight excluding hydrogens is 200 g/mol. The van der Waals surface area contributed by atoms with Crippen LogP contribution in [0.2, 0.25) is 0 Å². The van der Waals surface area contributed by atoms with Crippen LogP contribution in [0.5, 0.6) is 0 Å². The van der Waals surface area contributed by atoms with Crippen LogP contribution in [0.4, 0.5) is 0 Å². The van der Waals surface area contributed by atoms with Crippen LogP contribution in [-0.4, -0.2) is 36.5 Å². The SMILES string of the molecule is Cl.O=C1CNCCN1C1C[C@H]2C[C@@H]2C1. The van der Waals surface area contributed by atoms with Crippen LogP contribution >= 0.6 is 12.4 Å². The van der Waals surface area contributed by atoms with E-state index in [0.717, 1.165) is 24.9 Å². The van der Waals surface area contributed by atoms with Gasteiger partial charge in [-0.1, -0.05) is 0 Å². The van der Waals surface area contributed by atoms with E-state index in [0.29, 0.717) is 18.5 Å². The zero-order chi connectivity index (χ0) is 8.84. The number of nitrogens with one attached hydrogen (secondary N) is 1. The Morgan fingerprint density at radius 2 is 1.93 bits per heavy atom. The third-order valence-electron chi connectivity index (χ3n) is 3.79. The van der Waals surface area contributed by atoms with Crippen LogP contribution in [0.25, 0.3) is 0 Å². The van der Waals surface area contributed by atoms with E-state index in [9.17, 15) is 4.79 Å². The lowest BCUT2D eigenvalue weighted by molar-refractivity contribution is -0.134. The van der Waals surface area contributed by atoms with Crippen LogP contribution in [-0.2, 0) is 4.79 Å². The van der Waals surface area contributed by atoms with Gasteiger partial charge in [0.05, 0.1) is 6.54 Å². The number of carbonyl (C=O) groups excluding carboxylic acids is 1. The number of rotatable bonds is 1. The second kappa shape index (κ2) is 3.70. The minimum absolute atomic E-state index is 0. The zero-order valence-electron chi connectivity index (χ0n) is 8.24. The van der Waals surface area contributed by atoms with Crippen molar-refractivity contribution in [1.82, 2.24) is 10.2 Å². The Labute approximate surface area is 90.6 Å². The summed E-state index contributed by atoms with van der Waals surface area (Å²) in [5.74, 6) is 2.28. The number of halogens is 1. The van der Waals surface area contributed by atoms with Crippen LogP contribution in [0, 0.1) is 11.8 Å². The normalized spacial score (nSPS) is 36.6. The van der Waals surface area contributed by atoms with E-state index < -0.39 is 0 Å². The van der Waals surface area contributed by atoms with E-state index >= 15 is 0 Å². The number of nitrogens with zero attached hydrogens (tertiary/aromatic N) is 1. The molecule has 1 aliphatic heterocycles. The van der Waals surface area contributed by atoms with Crippen molar-refractivity contribution < 1.29 is 4.79 Å². The third-order valence-corrected chi connectivity index (χ3v) is 3.79. The Hall–Kier alpha value is -0.280. The molecule has 3 rings (SSSR count). The molecule has 0 bridgehead atoms. The van der Waals surface area contributed by atoms with Gasteiger partial charge in [-0.2, -0.15) is 0 Å². The average Bonchev–Trinajstić information content (AvgIpc) is 2.75. The Balaban J connectivity index is 0.000000750. The van der Waals surface area contributed by atoms with E-state index in [4.69, 9.17) is 0 Å². The third kappa shape index (κ3) is 1.63. The minimum Gasteiger partial charge on any atom is -0.337 e. The zero-order valence-corrected chi connectivity index (χ0v) is 9.05. The molecule has 0 unspecified atom stereocenters.